The molecule has 0 unspecified atom stereocenters. The SMILES string of the molecule is CC(C)c1ccccc1-c1c(O)ccc2ccccc12. The first-order valence-corrected chi connectivity index (χ1v) is 6.98. The zero-order valence-corrected chi connectivity index (χ0v) is 11.8. The molecule has 0 saturated heterocycles. The molecule has 1 nitrogen and oxygen atoms in total. The van der Waals surface area contributed by atoms with Gasteiger partial charge in [0.15, 0.2) is 0 Å². The Morgan fingerprint density at radius 1 is 0.800 bits per heavy atom. The second-order valence-electron chi connectivity index (χ2n) is 5.42. The van der Waals surface area contributed by atoms with Gasteiger partial charge in [-0.05, 0) is 33.9 Å². The molecule has 3 rings (SSSR count). The van der Waals surface area contributed by atoms with E-state index in [1.165, 1.54) is 5.56 Å². The number of hydrogen-bond donors (Lipinski definition) is 1. The van der Waals surface area contributed by atoms with Crippen LogP contribution < -0.4 is 0 Å². The van der Waals surface area contributed by atoms with Crippen molar-refractivity contribution in [2.75, 3.05) is 0 Å². The lowest BCUT2D eigenvalue weighted by molar-refractivity contribution is 0.478. The molecule has 0 aromatic heterocycles. The molecule has 3 aromatic rings. The van der Waals surface area contributed by atoms with Gasteiger partial charge < -0.3 is 5.11 Å². The first kappa shape index (κ1) is 12.7. The first-order valence-electron chi connectivity index (χ1n) is 6.98. The van der Waals surface area contributed by atoms with Gasteiger partial charge in [0.2, 0.25) is 0 Å². The maximum absolute atomic E-state index is 10.4. The van der Waals surface area contributed by atoms with E-state index in [-0.39, 0.29) is 0 Å². The normalized spacial score (nSPS) is 11.2. The highest BCUT2D eigenvalue weighted by molar-refractivity contribution is 6.00. The van der Waals surface area contributed by atoms with Gasteiger partial charge >= 0.3 is 0 Å². The molecule has 0 saturated carbocycles. The van der Waals surface area contributed by atoms with E-state index in [9.17, 15) is 5.11 Å². The number of benzene rings is 3. The number of aromatic hydroxyl groups is 1. The Labute approximate surface area is 119 Å². The van der Waals surface area contributed by atoms with Crippen LogP contribution in [0.2, 0.25) is 0 Å². The van der Waals surface area contributed by atoms with Gasteiger partial charge in [-0.1, -0.05) is 68.4 Å². The third-order valence-corrected chi connectivity index (χ3v) is 3.76. The monoisotopic (exact) mass is 262 g/mol. The van der Waals surface area contributed by atoms with E-state index in [1.807, 2.05) is 24.3 Å². The molecule has 20 heavy (non-hydrogen) atoms. The fourth-order valence-electron chi connectivity index (χ4n) is 2.77. The molecule has 0 radical (unpaired) electrons. The van der Waals surface area contributed by atoms with E-state index >= 15 is 0 Å². The van der Waals surface area contributed by atoms with E-state index in [4.69, 9.17) is 0 Å². The van der Waals surface area contributed by atoms with Crippen LogP contribution in [0.5, 0.6) is 5.75 Å². The van der Waals surface area contributed by atoms with Crippen molar-refractivity contribution in [3.8, 4) is 16.9 Å². The van der Waals surface area contributed by atoms with Crippen molar-refractivity contribution < 1.29 is 5.11 Å². The van der Waals surface area contributed by atoms with E-state index in [0.29, 0.717) is 11.7 Å². The third-order valence-electron chi connectivity index (χ3n) is 3.76. The van der Waals surface area contributed by atoms with Crippen molar-refractivity contribution >= 4 is 10.8 Å². The van der Waals surface area contributed by atoms with Crippen LogP contribution in [0, 0.1) is 0 Å². The number of fused-ring (bicyclic) bond motifs is 1. The van der Waals surface area contributed by atoms with Crippen molar-refractivity contribution in [3.63, 3.8) is 0 Å². The van der Waals surface area contributed by atoms with Crippen LogP contribution in [0.15, 0.2) is 60.7 Å². The van der Waals surface area contributed by atoms with Gasteiger partial charge in [-0.15, -0.1) is 0 Å². The quantitative estimate of drug-likeness (QED) is 0.661. The van der Waals surface area contributed by atoms with Gasteiger partial charge in [-0.2, -0.15) is 0 Å². The van der Waals surface area contributed by atoms with E-state index in [1.54, 1.807) is 6.07 Å². The molecule has 0 heterocycles. The lowest BCUT2D eigenvalue weighted by Gasteiger charge is -2.16. The Bertz CT molecular complexity index is 757. The van der Waals surface area contributed by atoms with Gasteiger partial charge in [-0.25, -0.2) is 0 Å². The van der Waals surface area contributed by atoms with Crippen LogP contribution in [0.1, 0.15) is 25.3 Å². The Morgan fingerprint density at radius 3 is 2.30 bits per heavy atom. The minimum Gasteiger partial charge on any atom is -0.507 e. The predicted octanol–water partition coefficient (Wildman–Crippen LogP) is 5.34. The summed E-state index contributed by atoms with van der Waals surface area (Å²) >= 11 is 0. The fraction of sp³-hybridized carbons (Fsp3) is 0.158. The fourth-order valence-corrected chi connectivity index (χ4v) is 2.77. The summed E-state index contributed by atoms with van der Waals surface area (Å²) in [4.78, 5) is 0. The standard InChI is InChI=1S/C19H18O/c1-13(2)15-8-5-6-10-17(15)19-16-9-4-3-7-14(16)11-12-18(19)20/h3-13,20H,1-2H3. The van der Waals surface area contributed by atoms with E-state index in [0.717, 1.165) is 21.9 Å². The van der Waals surface area contributed by atoms with Gasteiger partial charge in [0.05, 0.1) is 0 Å². The summed E-state index contributed by atoms with van der Waals surface area (Å²) in [6.07, 6.45) is 0. The Hall–Kier alpha value is -2.28. The molecule has 0 aliphatic rings. The molecule has 0 spiro atoms. The molecule has 1 heteroatoms. The lowest BCUT2D eigenvalue weighted by atomic mass is 9.89. The van der Waals surface area contributed by atoms with E-state index in [2.05, 4.69) is 44.2 Å². The van der Waals surface area contributed by atoms with Crippen molar-refractivity contribution in [2.45, 2.75) is 19.8 Å². The van der Waals surface area contributed by atoms with Gasteiger partial charge in [0, 0.05) is 5.56 Å². The van der Waals surface area contributed by atoms with Crippen molar-refractivity contribution in [1.82, 2.24) is 0 Å². The molecule has 100 valence electrons. The number of phenolic OH excluding ortho intramolecular Hbond substituents is 1. The van der Waals surface area contributed by atoms with E-state index < -0.39 is 0 Å². The molecule has 0 aliphatic carbocycles. The molecule has 3 aromatic carbocycles. The minimum absolute atomic E-state index is 0.344. The summed E-state index contributed by atoms with van der Waals surface area (Å²) in [5, 5.41) is 12.6. The first-order chi connectivity index (χ1) is 9.68. The van der Waals surface area contributed by atoms with Gasteiger partial charge in [0.25, 0.3) is 0 Å². The predicted molar refractivity (Wildman–Crippen MR) is 85.1 cm³/mol. The molecular formula is C19H18O. The van der Waals surface area contributed by atoms with Gasteiger partial charge in [-0.3, -0.25) is 0 Å². The highest BCUT2D eigenvalue weighted by atomic mass is 16.3. The van der Waals surface area contributed by atoms with Crippen LogP contribution in [0.4, 0.5) is 0 Å². The minimum atomic E-state index is 0.344. The highest BCUT2D eigenvalue weighted by Crippen LogP contribution is 2.39. The second kappa shape index (κ2) is 5.01. The van der Waals surface area contributed by atoms with Crippen LogP contribution in [-0.4, -0.2) is 5.11 Å². The van der Waals surface area contributed by atoms with Crippen LogP contribution in [-0.2, 0) is 0 Å². The number of phenols is 1. The molecule has 1 N–H and O–H groups in total. The number of rotatable bonds is 2. The van der Waals surface area contributed by atoms with Crippen molar-refractivity contribution in [3.05, 3.63) is 66.2 Å². The molecule has 0 fully saturated rings. The largest absolute Gasteiger partial charge is 0.507 e. The third kappa shape index (κ3) is 2.05. The molecule has 0 atom stereocenters. The summed E-state index contributed by atoms with van der Waals surface area (Å²) in [5.74, 6) is 0.765. The molecule has 0 aliphatic heterocycles. The molecular weight excluding hydrogens is 244 g/mol. The van der Waals surface area contributed by atoms with Crippen LogP contribution >= 0.6 is 0 Å². The highest BCUT2D eigenvalue weighted by Gasteiger charge is 2.14. The molecule has 0 bridgehead atoms. The molecule has 0 amide bonds. The lowest BCUT2D eigenvalue weighted by Crippen LogP contribution is -1.93. The summed E-state index contributed by atoms with van der Waals surface area (Å²) in [6.45, 7) is 4.36. The van der Waals surface area contributed by atoms with Crippen LogP contribution in [0.3, 0.4) is 0 Å². The summed E-state index contributed by atoms with van der Waals surface area (Å²) in [7, 11) is 0. The zero-order valence-electron chi connectivity index (χ0n) is 11.8. The Balaban J connectivity index is 2.38. The summed E-state index contributed by atoms with van der Waals surface area (Å²) < 4.78 is 0. The maximum atomic E-state index is 10.4. The Kier molecular flexibility index (Phi) is 3.19. The maximum Gasteiger partial charge on any atom is 0.124 e. The average molecular weight is 262 g/mol. The van der Waals surface area contributed by atoms with Crippen molar-refractivity contribution in [1.29, 1.82) is 0 Å². The summed E-state index contributed by atoms with van der Waals surface area (Å²) in [5.41, 5.74) is 3.32. The zero-order chi connectivity index (χ0) is 14.1. The Morgan fingerprint density at radius 2 is 1.50 bits per heavy atom. The van der Waals surface area contributed by atoms with Gasteiger partial charge in [0.1, 0.15) is 5.75 Å². The smallest absolute Gasteiger partial charge is 0.124 e. The van der Waals surface area contributed by atoms with Crippen molar-refractivity contribution in [2.24, 2.45) is 0 Å². The summed E-state index contributed by atoms with van der Waals surface area (Å²) in [6, 6.07) is 20.3. The topological polar surface area (TPSA) is 20.2 Å². The number of hydrogen-bond acceptors (Lipinski definition) is 1. The van der Waals surface area contributed by atoms with Crippen LogP contribution in [0.25, 0.3) is 21.9 Å². The average Bonchev–Trinajstić information content (AvgIpc) is 2.47. The second-order valence-corrected chi connectivity index (χ2v) is 5.42.